The molecule has 1 aromatic carbocycles. The monoisotopic (exact) mass is 379 g/mol. The maximum absolute atomic E-state index is 4.71. The zero-order valence-corrected chi connectivity index (χ0v) is 16.6. The number of fused-ring (bicyclic) bond motifs is 2. The summed E-state index contributed by atoms with van der Waals surface area (Å²) in [6.07, 6.45) is 6.64. The Morgan fingerprint density at radius 3 is 3.00 bits per heavy atom. The van der Waals surface area contributed by atoms with E-state index in [1.165, 1.54) is 23.7 Å². The Bertz CT molecular complexity index is 937. The molecule has 2 N–H and O–H groups in total. The van der Waals surface area contributed by atoms with Crippen LogP contribution in [0.25, 0.3) is 10.9 Å². The number of nitrogens with zero attached hydrogens (tertiary/aromatic N) is 5. The molecule has 1 aliphatic heterocycles. The van der Waals surface area contributed by atoms with Crippen molar-refractivity contribution in [3.63, 3.8) is 0 Å². The second-order valence-corrected chi connectivity index (χ2v) is 7.18. The van der Waals surface area contributed by atoms with Gasteiger partial charge >= 0.3 is 0 Å². The summed E-state index contributed by atoms with van der Waals surface area (Å²) in [5.41, 5.74) is 1.29. The summed E-state index contributed by atoms with van der Waals surface area (Å²) in [6.45, 7) is 6.36. The first kappa shape index (κ1) is 18.5. The number of guanidine groups is 1. The van der Waals surface area contributed by atoms with E-state index in [2.05, 4.69) is 73.4 Å². The van der Waals surface area contributed by atoms with Gasteiger partial charge in [-0.2, -0.15) is 0 Å². The van der Waals surface area contributed by atoms with Crippen molar-refractivity contribution in [1.29, 1.82) is 0 Å². The highest BCUT2D eigenvalue weighted by Gasteiger charge is 2.15. The van der Waals surface area contributed by atoms with E-state index in [0.29, 0.717) is 6.54 Å². The van der Waals surface area contributed by atoms with Crippen LogP contribution in [0.3, 0.4) is 0 Å². The van der Waals surface area contributed by atoms with Gasteiger partial charge in [-0.3, -0.25) is 0 Å². The number of aryl methyl sites for hydroxylation is 2. The number of aliphatic imine (C=N–C) groups is 1. The summed E-state index contributed by atoms with van der Waals surface area (Å²) >= 11 is 0. The normalized spacial score (nSPS) is 14.2. The third kappa shape index (κ3) is 4.18. The van der Waals surface area contributed by atoms with Crippen molar-refractivity contribution >= 4 is 16.9 Å². The standard InChI is InChI=1S/C21H29N7/c1-2-22-21(24-16-20-26-25-19-10-5-6-14-28(19)20)23-12-7-13-27-15-11-17-8-3-4-9-18(17)27/h3-4,8-9,11,15H,2,5-7,10,12-14,16H2,1H3,(H2,22,23,24). The molecule has 0 unspecified atom stereocenters. The molecule has 148 valence electrons. The SMILES string of the molecule is CCNC(=NCc1nnc2n1CCCC2)NCCCn1ccc2ccccc21. The molecular weight excluding hydrogens is 350 g/mol. The lowest BCUT2D eigenvalue weighted by molar-refractivity contribution is 0.508. The lowest BCUT2D eigenvalue weighted by atomic mass is 10.2. The fourth-order valence-corrected chi connectivity index (χ4v) is 3.77. The van der Waals surface area contributed by atoms with E-state index in [1.807, 2.05) is 0 Å². The molecule has 28 heavy (non-hydrogen) atoms. The Morgan fingerprint density at radius 2 is 2.07 bits per heavy atom. The summed E-state index contributed by atoms with van der Waals surface area (Å²) in [4.78, 5) is 4.71. The molecule has 2 aromatic heterocycles. The Kier molecular flexibility index (Phi) is 5.89. The molecule has 3 aromatic rings. The van der Waals surface area contributed by atoms with Gasteiger partial charge in [0.05, 0.1) is 0 Å². The minimum absolute atomic E-state index is 0.560. The predicted molar refractivity (Wildman–Crippen MR) is 112 cm³/mol. The minimum atomic E-state index is 0.560. The fraction of sp³-hybridized carbons (Fsp3) is 0.476. The highest BCUT2D eigenvalue weighted by molar-refractivity contribution is 5.80. The molecule has 3 heterocycles. The molecule has 7 nitrogen and oxygen atoms in total. The number of rotatable bonds is 7. The van der Waals surface area contributed by atoms with E-state index in [-0.39, 0.29) is 0 Å². The van der Waals surface area contributed by atoms with E-state index >= 15 is 0 Å². The number of para-hydroxylation sites is 1. The summed E-state index contributed by atoms with van der Waals surface area (Å²) in [6, 6.07) is 10.7. The van der Waals surface area contributed by atoms with E-state index in [4.69, 9.17) is 4.99 Å². The molecule has 1 aliphatic rings. The van der Waals surface area contributed by atoms with Crippen molar-refractivity contribution in [2.45, 2.75) is 52.2 Å². The molecule has 0 fully saturated rings. The highest BCUT2D eigenvalue weighted by Crippen LogP contribution is 2.16. The molecular formula is C21H29N7. The molecule has 0 saturated carbocycles. The molecule has 0 saturated heterocycles. The average molecular weight is 380 g/mol. The van der Waals surface area contributed by atoms with E-state index < -0.39 is 0 Å². The van der Waals surface area contributed by atoms with Crippen molar-refractivity contribution in [3.8, 4) is 0 Å². The van der Waals surface area contributed by atoms with Crippen LogP contribution >= 0.6 is 0 Å². The quantitative estimate of drug-likeness (QED) is 0.376. The topological polar surface area (TPSA) is 72.1 Å². The maximum atomic E-state index is 4.71. The number of hydrogen-bond acceptors (Lipinski definition) is 3. The molecule has 4 rings (SSSR count). The van der Waals surface area contributed by atoms with Gasteiger partial charge in [0.1, 0.15) is 12.4 Å². The number of benzene rings is 1. The van der Waals surface area contributed by atoms with Crippen LogP contribution in [0.4, 0.5) is 0 Å². The Balaban J connectivity index is 1.31. The lowest BCUT2D eigenvalue weighted by Gasteiger charge is -2.15. The van der Waals surface area contributed by atoms with Crippen LogP contribution in [0.15, 0.2) is 41.5 Å². The smallest absolute Gasteiger partial charge is 0.191 e. The second-order valence-electron chi connectivity index (χ2n) is 7.18. The van der Waals surface area contributed by atoms with Crippen molar-refractivity contribution in [1.82, 2.24) is 30.0 Å². The van der Waals surface area contributed by atoms with Gasteiger partial charge in [-0.1, -0.05) is 18.2 Å². The molecule has 0 bridgehead atoms. The first-order chi connectivity index (χ1) is 13.8. The minimum Gasteiger partial charge on any atom is -0.357 e. The van der Waals surface area contributed by atoms with Crippen molar-refractivity contribution < 1.29 is 0 Å². The van der Waals surface area contributed by atoms with E-state index in [0.717, 1.165) is 56.6 Å². The van der Waals surface area contributed by atoms with Crippen LogP contribution in [0.1, 0.15) is 37.8 Å². The number of nitrogens with one attached hydrogen (secondary N) is 2. The van der Waals surface area contributed by atoms with Crippen molar-refractivity contribution in [2.75, 3.05) is 13.1 Å². The van der Waals surface area contributed by atoms with Crippen molar-refractivity contribution in [3.05, 3.63) is 48.2 Å². The Labute approximate surface area is 165 Å². The number of aromatic nitrogens is 4. The largest absolute Gasteiger partial charge is 0.357 e. The average Bonchev–Trinajstić information content (AvgIpc) is 3.33. The molecule has 0 amide bonds. The summed E-state index contributed by atoms with van der Waals surface area (Å²) < 4.78 is 4.54. The van der Waals surface area contributed by atoms with E-state index in [9.17, 15) is 0 Å². The molecule has 7 heteroatoms. The van der Waals surface area contributed by atoms with Crippen LogP contribution in [0.2, 0.25) is 0 Å². The fourth-order valence-electron chi connectivity index (χ4n) is 3.77. The molecule has 0 aliphatic carbocycles. The van der Waals surface area contributed by atoms with Gasteiger partial charge in [0, 0.05) is 44.3 Å². The maximum Gasteiger partial charge on any atom is 0.191 e. The lowest BCUT2D eigenvalue weighted by Crippen LogP contribution is -2.38. The van der Waals surface area contributed by atoms with Crippen LogP contribution in [0.5, 0.6) is 0 Å². The van der Waals surface area contributed by atoms with Gasteiger partial charge in [0.25, 0.3) is 0 Å². The zero-order valence-electron chi connectivity index (χ0n) is 16.6. The van der Waals surface area contributed by atoms with Gasteiger partial charge in [-0.15, -0.1) is 10.2 Å². The third-order valence-electron chi connectivity index (χ3n) is 5.21. The summed E-state index contributed by atoms with van der Waals surface area (Å²) in [5, 5.41) is 16.7. The van der Waals surface area contributed by atoms with Crippen LogP contribution < -0.4 is 10.6 Å². The first-order valence-electron chi connectivity index (χ1n) is 10.3. The van der Waals surface area contributed by atoms with E-state index in [1.54, 1.807) is 0 Å². The van der Waals surface area contributed by atoms with Gasteiger partial charge in [-0.25, -0.2) is 4.99 Å². The van der Waals surface area contributed by atoms with Gasteiger partial charge in [0.15, 0.2) is 11.8 Å². The van der Waals surface area contributed by atoms with Gasteiger partial charge in [0.2, 0.25) is 0 Å². The van der Waals surface area contributed by atoms with Gasteiger partial charge in [-0.05, 0) is 43.7 Å². The van der Waals surface area contributed by atoms with Crippen molar-refractivity contribution in [2.24, 2.45) is 4.99 Å². The first-order valence-corrected chi connectivity index (χ1v) is 10.3. The molecule has 0 spiro atoms. The van der Waals surface area contributed by atoms with Crippen LogP contribution in [0, 0.1) is 0 Å². The number of hydrogen-bond donors (Lipinski definition) is 2. The third-order valence-corrected chi connectivity index (χ3v) is 5.21. The predicted octanol–water partition coefficient (Wildman–Crippen LogP) is 2.71. The van der Waals surface area contributed by atoms with Gasteiger partial charge < -0.3 is 19.8 Å². The molecule has 0 atom stereocenters. The Morgan fingerprint density at radius 1 is 1.14 bits per heavy atom. The summed E-state index contributed by atoms with van der Waals surface area (Å²) in [7, 11) is 0. The van der Waals surface area contributed by atoms with Crippen LogP contribution in [-0.2, 0) is 26.1 Å². The molecule has 0 radical (unpaired) electrons. The van der Waals surface area contributed by atoms with Crippen LogP contribution in [-0.4, -0.2) is 38.4 Å². The Hall–Kier alpha value is -2.83. The zero-order chi connectivity index (χ0) is 19.2. The highest BCUT2D eigenvalue weighted by atomic mass is 15.3. The summed E-state index contributed by atoms with van der Waals surface area (Å²) in [5.74, 6) is 2.91. The second kappa shape index (κ2) is 8.91.